The Balaban J connectivity index is 4.16. The van der Waals surface area contributed by atoms with Gasteiger partial charge in [-0.3, -0.25) is 0 Å². The van der Waals surface area contributed by atoms with Crippen LogP contribution in [0.1, 0.15) is 19.8 Å². The van der Waals surface area contributed by atoms with Crippen LogP contribution in [0.3, 0.4) is 0 Å². The molecule has 6 heteroatoms. The maximum absolute atomic E-state index is 12.5. The van der Waals surface area contributed by atoms with Crippen molar-refractivity contribution >= 4 is 0 Å². The summed E-state index contributed by atoms with van der Waals surface area (Å²) in [6.07, 6.45) is -14.8. The quantitative estimate of drug-likeness (QED) is 0.621. The third kappa shape index (κ3) is 3.87. The molecule has 0 heterocycles. The number of hydrogen-bond acceptors (Lipinski definition) is 0. The first-order valence-electron chi connectivity index (χ1n) is 3.79. The Kier molecular flexibility index (Phi) is 4.56. The first-order valence-corrected chi connectivity index (χ1v) is 3.79. The zero-order valence-corrected chi connectivity index (χ0v) is 6.91. The van der Waals surface area contributed by atoms with Crippen LogP contribution in [-0.4, -0.2) is 24.7 Å². The summed E-state index contributed by atoms with van der Waals surface area (Å²) in [7, 11) is 0. The van der Waals surface area contributed by atoms with Gasteiger partial charge in [-0.05, 0) is 6.42 Å². The fraction of sp³-hybridized carbons (Fsp3) is 1.00. The summed E-state index contributed by atoms with van der Waals surface area (Å²) in [5, 5.41) is 0. The molecule has 0 aliphatic carbocycles. The van der Waals surface area contributed by atoms with E-state index >= 15 is 0 Å². The standard InChI is InChI=1S/C7H10F6/c1-2-3-4(8)5(9)6(10)7(11,12)13/h4-6H,2-3H2,1H3/t4?,5?,6-/m0/s1. The molecule has 0 saturated carbocycles. The molecule has 0 aromatic heterocycles. The van der Waals surface area contributed by atoms with Crippen LogP contribution in [0.5, 0.6) is 0 Å². The van der Waals surface area contributed by atoms with Crippen molar-refractivity contribution in [3.63, 3.8) is 0 Å². The number of halogens is 6. The number of alkyl halides is 6. The highest BCUT2D eigenvalue weighted by Crippen LogP contribution is 2.30. The fourth-order valence-corrected chi connectivity index (χ4v) is 0.799. The second-order valence-corrected chi connectivity index (χ2v) is 2.69. The van der Waals surface area contributed by atoms with Gasteiger partial charge in [0.2, 0.25) is 6.17 Å². The molecule has 80 valence electrons. The van der Waals surface area contributed by atoms with Gasteiger partial charge >= 0.3 is 6.18 Å². The molecule has 0 fully saturated rings. The van der Waals surface area contributed by atoms with E-state index in [0.717, 1.165) is 0 Å². The lowest BCUT2D eigenvalue weighted by atomic mass is 10.1. The molecule has 0 amide bonds. The lowest BCUT2D eigenvalue weighted by Crippen LogP contribution is -2.39. The van der Waals surface area contributed by atoms with Gasteiger partial charge in [-0.25, -0.2) is 13.2 Å². The van der Waals surface area contributed by atoms with Crippen molar-refractivity contribution in [2.75, 3.05) is 0 Å². The molecule has 2 unspecified atom stereocenters. The van der Waals surface area contributed by atoms with Gasteiger partial charge < -0.3 is 0 Å². The van der Waals surface area contributed by atoms with Crippen molar-refractivity contribution < 1.29 is 26.3 Å². The van der Waals surface area contributed by atoms with E-state index in [0.29, 0.717) is 0 Å². The minimum atomic E-state index is -5.32. The average molecular weight is 208 g/mol. The van der Waals surface area contributed by atoms with E-state index in [4.69, 9.17) is 0 Å². The summed E-state index contributed by atoms with van der Waals surface area (Å²) < 4.78 is 71.6. The molecule has 0 rings (SSSR count). The van der Waals surface area contributed by atoms with Gasteiger partial charge in [0.15, 0.2) is 6.17 Å². The molecule has 0 bridgehead atoms. The van der Waals surface area contributed by atoms with E-state index in [2.05, 4.69) is 0 Å². The molecule has 0 N–H and O–H groups in total. The predicted octanol–water partition coefficient (Wildman–Crippen LogP) is 3.36. The third-order valence-electron chi connectivity index (χ3n) is 1.50. The van der Waals surface area contributed by atoms with Crippen LogP contribution in [0, 0.1) is 0 Å². The average Bonchev–Trinajstić information content (AvgIpc) is 2.00. The maximum Gasteiger partial charge on any atom is 0.422 e. The van der Waals surface area contributed by atoms with E-state index in [1.807, 2.05) is 0 Å². The van der Waals surface area contributed by atoms with Crippen molar-refractivity contribution in [1.29, 1.82) is 0 Å². The molecule has 0 aliphatic rings. The van der Waals surface area contributed by atoms with Crippen molar-refractivity contribution in [2.45, 2.75) is 44.5 Å². The molecule has 0 saturated heterocycles. The van der Waals surface area contributed by atoms with Crippen molar-refractivity contribution in [3.05, 3.63) is 0 Å². The van der Waals surface area contributed by atoms with Gasteiger partial charge in [0, 0.05) is 0 Å². The number of hydrogen-bond donors (Lipinski definition) is 0. The smallest absolute Gasteiger partial charge is 0.244 e. The molecule has 0 aromatic rings. The van der Waals surface area contributed by atoms with Crippen LogP contribution in [0.2, 0.25) is 0 Å². The Labute approximate surface area is 71.9 Å². The summed E-state index contributed by atoms with van der Waals surface area (Å²) in [6, 6.07) is 0. The van der Waals surface area contributed by atoms with Gasteiger partial charge in [-0.15, -0.1) is 0 Å². The fourth-order valence-electron chi connectivity index (χ4n) is 0.799. The Morgan fingerprint density at radius 2 is 1.54 bits per heavy atom. The molecule has 0 aliphatic heterocycles. The minimum absolute atomic E-state index is 0.173. The predicted molar refractivity (Wildman–Crippen MR) is 35.7 cm³/mol. The zero-order valence-electron chi connectivity index (χ0n) is 6.91. The molecule has 3 atom stereocenters. The summed E-state index contributed by atoms with van der Waals surface area (Å²) in [5.74, 6) is 0. The monoisotopic (exact) mass is 208 g/mol. The highest BCUT2D eigenvalue weighted by Gasteiger charge is 2.48. The van der Waals surface area contributed by atoms with Gasteiger partial charge in [-0.1, -0.05) is 13.3 Å². The molecular weight excluding hydrogens is 198 g/mol. The normalized spacial score (nSPS) is 19.6. The Morgan fingerprint density at radius 3 is 1.85 bits per heavy atom. The molecule has 0 aromatic carbocycles. The van der Waals surface area contributed by atoms with Crippen LogP contribution < -0.4 is 0 Å². The molecule has 0 nitrogen and oxygen atoms in total. The lowest BCUT2D eigenvalue weighted by Gasteiger charge is -2.19. The summed E-state index contributed by atoms with van der Waals surface area (Å²) >= 11 is 0. The highest BCUT2D eigenvalue weighted by molar-refractivity contribution is 4.81. The largest absolute Gasteiger partial charge is 0.422 e. The second-order valence-electron chi connectivity index (χ2n) is 2.69. The second kappa shape index (κ2) is 4.72. The van der Waals surface area contributed by atoms with E-state index in [1.54, 1.807) is 0 Å². The van der Waals surface area contributed by atoms with E-state index in [-0.39, 0.29) is 6.42 Å². The maximum atomic E-state index is 12.5. The Bertz CT molecular complexity index is 142. The van der Waals surface area contributed by atoms with Crippen molar-refractivity contribution in [2.24, 2.45) is 0 Å². The Morgan fingerprint density at radius 1 is 1.08 bits per heavy atom. The van der Waals surface area contributed by atoms with Crippen molar-refractivity contribution in [1.82, 2.24) is 0 Å². The van der Waals surface area contributed by atoms with Gasteiger partial charge in [-0.2, -0.15) is 13.2 Å². The third-order valence-corrected chi connectivity index (χ3v) is 1.50. The lowest BCUT2D eigenvalue weighted by molar-refractivity contribution is -0.202. The minimum Gasteiger partial charge on any atom is -0.244 e. The number of rotatable bonds is 4. The molecule has 0 spiro atoms. The van der Waals surface area contributed by atoms with E-state index in [9.17, 15) is 26.3 Å². The zero-order chi connectivity index (χ0) is 10.6. The van der Waals surface area contributed by atoms with Crippen LogP contribution in [-0.2, 0) is 0 Å². The first-order chi connectivity index (χ1) is 5.80. The van der Waals surface area contributed by atoms with Crippen molar-refractivity contribution in [3.8, 4) is 0 Å². The topological polar surface area (TPSA) is 0 Å². The van der Waals surface area contributed by atoms with Crippen LogP contribution >= 0.6 is 0 Å². The van der Waals surface area contributed by atoms with Crippen LogP contribution in [0.4, 0.5) is 26.3 Å². The van der Waals surface area contributed by atoms with Gasteiger partial charge in [0.1, 0.15) is 6.17 Å². The molecule has 13 heavy (non-hydrogen) atoms. The van der Waals surface area contributed by atoms with E-state index < -0.39 is 31.1 Å². The SMILES string of the molecule is CCCC(F)C(F)[C@H](F)C(F)(F)F. The van der Waals surface area contributed by atoms with Crippen LogP contribution in [0.25, 0.3) is 0 Å². The highest BCUT2D eigenvalue weighted by atomic mass is 19.4. The molecule has 0 radical (unpaired) electrons. The van der Waals surface area contributed by atoms with Crippen LogP contribution in [0.15, 0.2) is 0 Å². The summed E-state index contributed by atoms with van der Waals surface area (Å²) in [6.45, 7) is 1.47. The van der Waals surface area contributed by atoms with Gasteiger partial charge in [0.05, 0.1) is 0 Å². The molecular formula is C7H10F6. The first kappa shape index (κ1) is 12.6. The summed E-state index contributed by atoms with van der Waals surface area (Å²) in [4.78, 5) is 0. The Hall–Kier alpha value is -0.420. The van der Waals surface area contributed by atoms with E-state index in [1.165, 1.54) is 6.92 Å². The summed E-state index contributed by atoms with van der Waals surface area (Å²) in [5.41, 5.74) is 0. The van der Waals surface area contributed by atoms with Gasteiger partial charge in [0.25, 0.3) is 0 Å².